The molecule has 6 heteroatoms. The highest BCUT2D eigenvalue weighted by Crippen LogP contribution is 2.26. The van der Waals surface area contributed by atoms with Crippen LogP contribution in [-0.4, -0.2) is 5.91 Å². The van der Waals surface area contributed by atoms with E-state index in [0.717, 1.165) is 22.1 Å². The van der Waals surface area contributed by atoms with Crippen LogP contribution in [0.3, 0.4) is 0 Å². The van der Waals surface area contributed by atoms with Gasteiger partial charge in [-0.15, -0.1) is 23.1 Å². The molecule has 0 fully saturated rings. The van der Waals surface area contributed by atoms with E-state index in [1.807, 2.05) is 25.1 Å². The van der Waals surface area contributed by atoms with Gasteiger partial charge in [0.25, 0.3) is 5.91 Å². The lowest BCUT2D eigenvalue weighted by Crippen LogP contribution is -2.29. The Balaban J connectivity index is 1.93. The van der Waals surface area contributed by atoms with Crippen LogP contribution in [-0.2, 0) is 11.5 Å². The molecule has 0 unspecified atom stereocenters. The minimum atomic E-state index is -0.231. The Morgan fingerprint density at radius 2 is 2.39 bits per heavy atom. The summed E-state index contributed by atoms with van der Waals surface area (Å²) in [5.41, 5.74) is 3.33. The maximum Gasteiger partial charge on any atom is 0.275 e. The zero-order chi connectivity index (χ0) is 13.0. The van der Waals surface area contributed by atoms with Gasteiger partial charge in [-0.3, -0.25) is 10.2 Å². The van der Waals surface area contributed by atoms with Crippen molar-refractivity contribution in [3.63, 3.8) is 0 Å². The van der Waals surface area contributed by atoms with Gasteiger partial charge in [0.2, 0.25) is 0 Å². The normalized spacial score (nSPS) is 10.6. The van der Waals surface area contributed by atoms with Gasteiger partial charge in [-0.05, 0) is 30.7 Å². The highest BCUT2D eigenvalue weighted by Gasteiger charge is 2.11. The number of nitrogens with one attached hydrogen (secondary N) is 1. The minimum absolute atomic E-state index is 0.231. The molecule has 2 heterocycles. The summed E-state index contributed by atoms with van der Waals surface area (Å²) in [5.74, 6) is 7.55. The molecule has 2 aromatic rings. The average molecular weight is 282 g/mol. The average Bonchev–Trinajstić information content (AvgIpc) is 2.99. The van der Waals surface area contributed by atoms with Crippen molar-refractivity contribution in [2.75, 3.05) is 0 Å². The summed E-state index contributed by atoms with van der Waals surface area (Å²) in [6.07, 6.45) is 1.68. The Labute approximate surface area is 114 Å². The predicted molar refractivity (Wildman–Crippen MR) is 74.4 cm³/mol. The van der Waals surface area contributed by atoms with Crippen molar-refractivity contribution in [2.24, 2.45) is 5.84 Å². The first kappa shape index (κ1) is 13.2. The lowest BCUT2D eigenvalue weighted by molar-refractivity contribution is 0.0957. The van der Waals surface area contributed by atoms with Crippen LogP contribution in [0.5, 0.6) is 0 Å². The Morgan fingerprint density at radius 3 is 3.06 bits per heavy atom. The van der Waals surface area contributed by atoms with Crippen molar-refractivity contribution in [1.29, 1.82) is 0 Å². The summed E-state index contributed by atoms with van der Waals surface area (Å²) in [7, 11) is 0. The van der Waals surface area contributed by atoms with Gasteiger partial charge in [-0.2, -0.15) is 0 Å². The molecule has 1 amide bonds. The van der Waals surface area contributed by atoms with Crippen LogP contribution in [0.1, 0.15) is 25.9 Å². The first-order chi connectivity index (χ1) is 8.70. The predicted octanol–water partition coefficient (Wildman–Crippen LogP) is 2.69. The van der Waals surface area contributed by atoms with Gasteiger partial charge in [0.05, 0.1) is 16.9 Å². The van der Waals surface area contributed by atoms with Crippen molar-refractivity contribution < 1.29 is 9.21 Å². The largest absolute Gasteiger partial charge is 0.468 e. The number of carbonyl (C=O) groups is 1. The minimum Gasteiger partial charge on any atom is -0.468 e. The molecular weight excluding hydrogens is 268 g/mol. The van der Waals surface area contributed by atoms with Gasteiger partial charge < -0.3 is 4.42 Å². The third-order valence-corrected chi connectivity index (χ3v) is 4.55. The van der Waals surface area contributed by atoms with Gasteiger partial charge >= 0.3 is 0 Å². The first-order valence-electron chi connectivity index (χ1n) is 5.41. The number of carbonyl (C=O) groups excluding carboxylic acids is 1. The maximum atomic E-state index is 11.4. The molecule has 0 saturated carbocycles. The van der Waals surface area contributed by atoms with Gasteiger partial charge in [-0.25, -0.2) is 5.84 Å². The molecule has 4 nitrogen and oxygen atoms in total. The van der Waals surface area contributed by atoms with E-state index in [2.05, 4.69) is 5.43 Å². The van der Waals surface area contributed by atoms with Crippen LogP contribution in [0.15, 0.2) is 28.9 Å². The van der Waals surface area contributed by atoms with Crippen molar-refractivity contribution in [3.05, 3.63) is 45.5 Å². The monoisotopic (exact) mass is 282 g/mol. The summed E-state index contributed by atoms with van der Waals surface area (Å²) >= 11 is 3.23. The lowest BCUT2D eigenvalue weighted by Gasteiger charge is -1.98. The van der Waals surface area contributed by atoms with Gasteiger partial charge in [-0.1, -0.05) is 0 Å². The number of hydrogen-bond acceptors (Lipinski definition) is 5. The summed E-state index contributed by atoms with van der Waals surface area (Å²) < 4.78 is 5.26. The zero-order valence-electron chi connectivity index (χ0n) is 9.93. The molecule has 3 N–H and O–H groups in total. The summed E-state index contributed by atoms with van der Waals surface area (Å²) in [5, 5.41) is 0. The molecule has 2 aromatic heterocycles. The van der Waals surface area contributed by atoms with E-state index >= 15 is 0 Å². The van der Waals surface area contributed by atoms with E-state index in [-0.39, 0.29) is 5.91 Å². The van der Waals surface area contributed by atoms with Crippen LogP contribution in [0.25, 0.3) is 0 Å². The number of hydrazine groups is 1. The fraction of sp³-hybridized carbons (Fsp3) is 0.250. The second kappa shape index (κ2) is 6.08. The van der Waals surface area contributed by atoms with E-state index in [1.54, 1.807) is 18.0 Å². The number of rotatable bonds is 5. The number of aryl methyl sites for hydroxylation is 1. The molecule has 96 valence electrons. The molecule has 0 aliphatic rings. The molecule has 0 aromatic carbocycles. The number of hydrogen-bond donors (Lipinski definition) is 2. The highest BCUT2D eigenvalue weighted by atomic mass is 32.2. The topological polar surface area (TPSA) is 68.3 Å². The highest BCUT2D eigenvalue weighted by molar-refractivity contribution is 7.97. The van der Waals surface area contributed by atoms with Crippen molar-refractivity contribution in [3.8, 4) is 0 Å². The van der Waals surface area contributed by atoms with Gasteiger partial charge in [0.15, 0.2) is 0 Å². The first-order valence-corrected chi connectivity index (χ1v) is 7.38. The molecule has 0 spiro atoms. The summed E-state index contributed by atoms with van der Waals surface area (Å²) in [4.78, 5) is 13.2. The number of furan rings is 1. The van der Waals surface area contributed by atoms with Crippen molar-refractivity contribution >= 4 is 29.0 Å². The molecule has 0 saturated heterocycles. The molecule has 0 aliphatic carbocycles. The van der Waals surface area contributed by atoms with Crippen LogP contribution in [0, 0.1) is 6.92 Å². The smallest absolute Gasteiger partial charge is 0.275 e. The van der Waals surface area contributed by atoms with Crippen LogP contribution in [0.4, 0.5) is 0 Å². The lowest BCUT2D eigenvalue weighted by atomic mass is 10.3. The molecule has 0 atom stereocenters. The van der Waals surface area contributed by atoms with Crippen molar-refractivity contribution in [2.45, 2.75) is 18.4 Å². The zero-order valence-corrected chi connectivity index (χ0v) is 11.6. The van der Waals surface area contributed by atoms with Crippen molar-refractivity contribution in [1.82, 2.24) is 5.43 Å². The van der Waals surface area contributed by atoms with E-state index in [9.17, 15) is 4.79 Å². The summed E-state index contributed by atoms with van der Waals surface area (Å²) in [6.45, 7) is 2.01. The molecule has 18 heavy (non-hydrogen) atoms. The number of thioether (sulfide) groups is 1. The second-order valence-electron chi connectivity index (χ2n) is 3.74. The van der Waals surface area contributed by atoms with Crippen LogP contribution >= 0.6 is 23.1 Å². The van der Waals surface area contributed by atoms with E-state index in [4.69, 9.17) is 10.3 Å². The maximum absolute atomic E-state index is 11.4. The van der Waals surface area contributed by atoms with Gasteiger partial charge in [0, 0.05) is 10.6 Å². The molecule has 2 rings (SSSR count). The molecule has 0 aliphatic heterocycles. The van der Waals surface area contributed by atoms with E-state index < -0.39 is 0 Å². The SMILES string of the molecule is Cc1sc(C(=O)NN)cc1CSCc1ccco1. The Bertz CT molecular complexity index is 520. The molecule has 0 bridgehead atoms. The quantitative estimate of drug-likeness (QED) is 0.502. The second-order valence-corrected chi connectivity index (χ2v) is 5.98. The van der Waals surface area contributed by atoms with E-state index in [1.165, 1.54) is 16.9 Å². The Hall–Kier alpha value is -1.24. The third kappa shape index (κ3) is 3.16. The Morgan fingerprint density at radius 1 is 1.56 bits per heavy atom. The third-order valence-electron chi connectivity index (χ3n) is 2.46. The number of amides is 1. The van der Waals surface area contributed by atoms with Crippen LogP contribution < -0.4 is 11.3 Å². The molecular formula is C12H14N2O2S2. The summed E-state index contributed by atoms with van der Waals surface area (Å²) in [6, 6.07) is 5.74. The number of nitrogen functional groups attached to an aromatic ring is 1. The Kier molecular flexibility index (Phi) is 4.46. The number of thiophene rings is 1. The standard InChI is InChI=1S/C12H14N2O2S2/c1-8-9(5-11(18-8)12(15)14-13)6-17-7-10-3-2-4-16-10/h2-5H,6-7,13H2,1H3,(H,14,15). The fourth-order valence-electron chi connectivity index (χ4n) is 1.50. The fourth-order valence-corrected chi connectivity index (χ4v) is 3.53. The van der Waals surface area contributed by atoms with Crippen LogP contribution in [0.2, 0.25) is 0 Å². The molecule has 0 radical (unpaired) electrons. The van der Waals surface area contributed by atoms with E-state index in [0.29, 0.717) is 4.88 Å². The van der Waals surface area contributed by atoms with Gasteiger partial charge in [0.1, 0.15) is 5.76 Å². The number of nitrogens with two attached hydrogens (primary N) is 1.